The molecule has 0 aromatic heterocycles. The van der Waals surface area contributed by atoms with E-state index in [-0.39, 0.29) is 0 Å². The van der Waals surface area contributed by atoms with Crippen molar-refractivity contribution in [3.05, 3.63) is 69.7 Å². The average Bonchev–Trinajstić information content (AvgIpc) is 2.56. The number of hydrogen-bond acceptors (Lipinski definition) is 2. The molecule has 0 bridgehead atoms. The van der Waals surface area contributed by atoms with Crippen LogP contribution in [-0.4, -0.2) is 37.4 Å². The van der Waals surface area contributed by atoms with Crippen LogP contribution in [0, 0.1) is 0 Å². The summed E-state index contributed by atoms with van der Waals surface area (Å²) in [5.41, 5.74) is 2.25. The molecule has 3 rings (SSSR count). The van der Waals surface area contributed by atoms with Crippen LogP contribution in [-0.2, 0) is 6.54 Å². The standard InChI is InChI=1S/C18H19Cl2N3/c19-17-6-3-4-15(12-17)13-21-23-10-8-22(9-11-23)14-16-5-1-2-7-18(16)20/h1-7,12-13H,8-11,14H2/p+1/b21-13+. The number of rotatable bonds is 4. The zero-order valence-electron chi connectivity index (χ0n) is 12.9. The van der Waals surface area contributed by atoms with Crippen molar-refractivity contribution in [1.82, 2.24) is 5.01 Å². The van der Waals surface area contributed by atoms with Crippen molar-refractivity contribution in [2.24, 2.45) is 5.10 Å². The third-order valence-corrected chi connectivity index (χ3v) is 4.67. The van der Waals surface area contributed by atoms with Gasteiger partial charge in [0.1, 0.15) is 6.54 Å². The molecule has 1 fully saturated rings. The van der Waals surface area contributed by atoms with E-state index in [0.29, 0.717) is 0 Å². The van der Waals surface area contributed by atoms with E-state index in [2.05, 4.69) is 16.2 Å². The number of piperazine rings is 1. The lowest BCUT2D eigenvalue weighted by molar-refractivity contribution is -0.918. The van der Waals surface area contributed by atoms with Gasteiger partial charge in [0.15, 0.2) is 0 Å². The maximum absolute atomic E-state index is 6.24. The number of halogens is 2. The molecule has 0 saturated carbocycles. The van der Waals surface area contributed by atoms with E-state index < -0.39 is 0 Å². The van der Waals surface area contributed by atoms with Crippen molar-refractivity contribution in [1.29, 1.82) is 0 Å². The fourth-order valence-electron chi connectivity index (χ4n) is 2.75. The Morgan fingerprint density at radius 2 is 1.83 bits per heavy atom. The van der Waals surface area contributed by atoms with Gasteiger partial charge in [-0.15, -0.1) is 0 Å². The Morgan fingerprint density at radius 3 is 2.57 bits per heavy atom. The Balaban J connectivity index is 1.51. The summed E-state index contributed by atoms with van der Waals surface area (Å²) in [5.74, 6) is 0. The van der Waals surface area contributed by atoms with E-state index in [1.165, 1.54) is 5.56 Å². The minimum absolute atomic E-state index is 0.739. The third-order valence-electron chi connectivity index (χ3n) is 4.06. The molecular formula is C18H20Cl2N3+. The monoisotopic (exact) mass is 348 g/mol. The first-order valence-corrected chi connectivity index (χ1v) is 8.58. The summed E-state index contributed by atoms with van der Waals surface area (Å²) in [4.78, 5) is 1.55. The van der Waals surface area contributed by atoms with Gasteiger partial charge in [-0.05, 0) is 23.8 Å². The summed E-state index contributed by atoms with van der Waals surface area (Å²) in [6.45, 7) is 5.02. The highest BCUT2D eigenvalue weighted by molar-refractivity contribution is 6.31. The molecule has 120 valence electrons. The number of hydrazone groups is 1. The van der Waals surface area contributed by atoms with Crippen molar-refractivity contribution in [3.8, 4) is 0 Å². The van der Waals surface area contributed by atoms with Gasteiger partial charge >= 0.3 is 0 Å². The molecule has 0 radical (unpaired) electrons. The van der Waals surface area contributed by atoms with Crippen molar-refractivity contribution in [2.75, 3.05) is 26.2 Å². The first kappa shape index (κ1) is 16.3. The highest BCUT2D eigenvalue weighted by atomic mass is 35.5. The Kier molecular flexibility index (Phi) is 5.55. The summed E-state index contributed by atoms with van der Waals surface area (Å²) in [7, 11) is 0. The summed E-state index contributed by atoms with van der Waals surface area (Å²) < 4.78 is 0. The molecule has 0 spiro atoms. The molecule has 1 N–H and O–H groups in total. The Hall–Kier alpha value is -1.55. The lowest BCUT2D eigenvalue weighted by atomic mass is 10.2. The summed E-state index contributed by atoms with van der Waals surface area (Å²) in [6, 6.07) is 15.8. The SMILES string of the molecule is Clc1cccc(/C=N/N2CC[NH+](Cc3ccccc3Cl)CC2)c1. The van der Waals surface area contributed by atoms with Gasteiger partial charge in [-0.3, -0.25) is 5.01 Å². The molecule has 5 heteroatoms. The zero-order valence-corrected chi connectivity index (χ0v) is 14.4. The molecule has 1 aliphatic rings. The lowest BCUT2D eigenvalue weighted by Crippen LogP contribution is -3.13. The van der Waals surface area contributed by atoms with Crippen molar-refractivity contribution >= 4 is 29.4 Å². The minimum Gasteiger partial charge on any atom is -0.328 e. The molecular weight excluding hydrogens is 329 g/mol. The molecule has 1 heterocycles. The van der Waals surface area contributed by atoms with E-state index in [1.54, 1.807) is 4.90 Å². The minimum atomic E-state index is 0.739. The summed E-state index contributed by atoms with van der Waals surface area (Å²) in [5, 5.41) is 8.29. The lowest BCUT2D eigenvalue weighted by Gasteiger charge is -2.30. The van der Waals surface area contributed by atoms with Gasteiger partial charge in [0, 0.05) is 15.6 Å². The van der Waals surface area contributed by atoms with Crippen LogP contribution in [0.2, 0.25) is 10.0 Å². The molecule has 0 atom stereocenters. The summed E-state index contributed by atoms with van der Waals surface area (Å²) in [6.07, 6.45) is 1.88. The van der Waals surface area contributed by atoms with Crippen LogP contribution >= 0.6 is 23.2 Å². The van der Waals surface area contributed by atoms with E-state index in [1.807, 2.05) is 48.7 Å². The Labute approximate surface area is 147 Å². The molecule has 2 aromatic rings. The maximum Gasteiger partial charge on any atom is 0.104 e. The van der Waals surface area contributed by atoms with Gasteiger partial charge in [0.05, 0.1) is 32.4 Å². The molecule has 1 aliphatic heterocycles. The van der Waals surface area contributed by atoms with E-state index >= 15 is 0 Å². The molecule has 0 aliphatic carbocycles. The van der Waals surface area contributed by atoms with Crippen molar-refractivity contribution < 1.29 is 4.90 Å². The van der Waals surface area contributed by atoms with Gasteiger partial charge in [0.2, 0.25) is 0 Å². The first-order chi connectivity index (χ1) is 11.2. The smallest absolute Gasteiger partial charge is 0.104 e. The maximum atomic E-state index is 6.24. The van der Waals surface area contributed by atoms with Gasteiger partial charge in [-0.2, -0.15) is 5.10 Å². The van der Waals surface area contributed by atoms with E-state index in [9.17, 15) is 0 Å². The van der Waals surface area contributed by atoms with Crippen LogP contribution in [0.4, 0.5) is 0 Å². The molecule has 2 aromatic carbocycles. The quantitative estimate of drug-likeness (QED) is 0.842. The molecule has 1 saturated heterocycles. The van der Waals surface area contributed by atoms with Crippen LogP contribution in [0.1, 0.15) is 11.1 Å². The molecule has 3 nitrogen and oxygen atoms in total. The first-order valence-electron chi connectivity index (χ1n) is 7.82. The second kappa shape index (κ2) is 7.82. The number of nitrogens with one attached hydrogen (secondary N) is 1. The fraction of sp³-hybridized carbons (Fsp3) is 0.278. The summed E-state index contributed by atoms with van der Waals surface area (Å²) >= 11 is 12.2. The number of quaternary nitrogens is 1. The highest BCUT2D eigenvalue weighted by Crippen LogP contribution is 2.13. The third kappa shape index (κ3) is 4.71. The van der Waals surface area contributed by atoms with Crippen LogP contribution < -0.4 is 4.90 Å². The second-order valence-corrected chi connectivity index (χ2v) is 6.62. The number of benzene rings is 2. The van der Waals surface area contributed by atoms with Crippen LogP contribution in [0.25, 0.3) is 0 Å². The van der Waals surface area contributed by atoms with Crippen molar-refractivity contribution in [2.45, 2.75) is 6.54 Å². The highest BCUT2D eigenvalue weighted by Gasteiger charge is 2.19. The van der Waals surface area contributed by atoms with Gasteiger partial charge in [-0.1, -0.05) is 53.5 Å². The Morgan fingerprint density at radius 1 is 1.04 bits per heavy atom. The molecule has 0 amide bonds. The van der Waals surface area contributed by atoms with Gasteiger partial charge in [0.25, 0.3) is 0 Å². The van der Waals surface area contributed by atoms with E-state index in [0.717, 1.165) is 48.3 Å². The van der Waals surface area contributed by atoms with Crippen LogP contribution in [0.5, 0.6) is 0 Å². The Bertz CT molecular complexity index is 679. The van der Waals surface area contributed by atoms with E-state index in [4.69, 9.17) is 23.2 Å². The number of hydrogen-bond donors (Lipinski definition) is 1. The van der Waals surface area contributed by atoms with Crippen LogP contribution in [0.15, 0.2) is 53.6 Å². The fourth-order valence-corrected chi connectivity index (χ4v) is 3.15. The average molecular weight is 349 g/mol. The zero-order chi connectivity index (χ0) is 16.1. The van der Waals surface area contributed by atoms with Gasteiger partial charge < -0.3 is 4.90 Å². The normalized spacial score (nSPS) is 16.2. The van der Waals surface area contributed by atoms with Gasteiger partial charge in [-0.25, -0.2) is 0 Å². The van der Waals surface area contributed by atoms with Crippen LogP contribution in [0.3, 0.4) is 0 Å². The van der Waals surface area contributed by atoms with Crippen molar-refractivity contribution in [3.63, 3.8) is 0 Å². The predicted octanol–water partition coefficient (Wildman–Crippen LogP) is 2.73. The number of nitrogens with zero attached hydrogens (tertiary/aromatic N) is 2. The molecule has 0 unspecified atom stereocenters. The largest absolute Gasteiger partial charge is 0.328 e. The second-order valence-electron chi connectivity index (χ2n) is 5.77. The predicted molar refractivity (Wildman–Crippen MR) is 96.5 cm³/mol. The topological polar surface area (TPSA) is 20.0 Å². The molecule has 23 heavy (non-hydrogen) atoms.